The zero-order chi connectivity index (χ0) is 15.5. The Kier molecular flexibility index (Phi) is 4.55. The molecule has 4 heterocycles. The largest absolute Gasteiger partial charge is 0.376 e. The Morgan fingerprint density at radius 2 is 2.22 bits per heavy atom. The predicted octanol–water partition coefficient (Wildman–Crippen LogP) is 2.49. The fourth-order valence-electron chi connectivity index (χ4n) is 3.66. The molecule has 2 aromatic heterocycles. The van der Waals surface area contributed by atoms with Crippen molar-refractivity contribution in [1.29, 1.82) is 0 Å². The summed E-state index contributed by atoms with van der Waals surface area (Å²) in [6.07, 6.45) is 5.03. The van der Waals surface area contributed by atoms with Crippen LogP contribution in [0.3, 0.4) is 0 Å². The molecule has 122 valence electrons. The molecule has 0 amide bonds. The Morgan fingerprint density at radius 1 is 1.30 bits per heavy atom. The number of ether oxygens (including phenoxy) is 1. The van der Waals surface area contributed by atoms with Gasteiger partial charge in [-0.1, -0.05) is 6.07 Å². The molecule has 0 aromatic carbocycles. The number of nitrogens with one attached hydrogen (secondary N) is 1. The van der Waals surface area contributed by atoms with Crippen LogP contribution in [0.25, 0.3) is 0 Å². The molecule has 1 N–H and O–H groups in total. The van der Waals surface area contributed by atoms with E-state index in [0.29, 0.717) is 17.8 Å². The van der Waals surface area contributed by atoms with Gasteiger partial charge in [0, 0.05) is 42.8 Å². The average molecular weight is 330 g/mol. The maximum atomic E-state index is 6.06. The second-order valence-electron chi connectivity index (χ2n) is 6.35. The molecule has 0 radical (unpaired) electrons. The lowest BCUT2D eigenvalue weighted by molar-refractivity contribution is 0.0833. The Morgan fingerprint density at radius 3 is 3.04 bits per heavy atom. The number of likely N-dealkylation sites (tertiary alicyclic amines) is 1. The first kappa shape index (κ1) is 15.1. The van der Waals surface area contributed by atoms with Crippen LogP contribution in [0.5, 0.6) is 0 Å². The summed E-state index contributed by atoms with van der Waals surface area (Å²) in [6.45, 7) is 5.08. The molecule has 2 aliphatic rings. The molecule has 2 aliphatic heterocycles. The highest BCUT2D eigenvalue weighted by Crippen LogP contribution is 2.34. The topological polar surface area (TPSA) is 50.3 Å². The summed E-state index contributed by atoms with van der Waals surface area (Å²) >= 11 is 1.85. The van der Waals surface area contributed by atoms with E-state index in [1.807, 2.05) is 17.4 Å². The van der Waals surface area contributed by atoms with Crippen molar-refractivity contribution in [2.75, 3.05) is 31.6 Å². The van der Waals surface area contributed by atoms with Crippen LogP contribution in [-0.2, 0) is 11.3 Å². The van der Waals surface area contributed by atoms with Crippen LogP contribution in [0.4, 0.5) is 5.95 Å². The lowest BCUT2D eigenvalue weighted by atomic mass is 9.84. The number of rotatable bonds is 5. The fourth-order valence-corrected chi connectivity index (χ4v) is 4.41. The zero-order valence-corrected chi connectivity index (χ0v) is 13.9. The molecule has 2 saturated heterocycles. The van der Waals surface area contributed by atoms with Gasteiger partial charge in [0.2, 0.25) is 5.95 Å². The van der Waals surface area contributed by atoms with E-state index in [0.717, 1.165) is 26.2 Å². The number of anilines is 1. The van der Waals surface area contributed by atoms with Crippen LogP contribution >= 0.6 is 11.3 Å². The molecule has 0 saturated carbocycles. The van der Waals surface area contributed by atoms with Crippen LogP contribution in [0.1, 0.15) is 11.3 Å². The first-order valence-electron chi connectivity index (χ1n) is 8.26. The number of aromatic nitrogens is 2. The maximum absolute atomic E-state index is 6.06. The number of fused-ring (bicyclic) bond motifs is 1. The number of hydrogen-bond acceptors (Lipinski definition) is 6. The van der Waals surface area contributed by atoms with Crippen molar-refractivity contribution in [3.05, 3.63) is 40.8 Å². The summed E-state index contributed by atoms with van der Waals surface area (Å²) < 4.78 is 6.06. The molecule has 4 rings (SSSR count). The van der Waals surface area contributed by atoms with Gasteiger partial charge >= 0.3 is 0 Å². The Labute approximate surface area is 140 Å². The molecule has 0 spiro atoms. The molecular weight excluding hydrogens is 308 g/mol. The molecule has 0 unspecified atom stereocenters. The summed E-state index contributed by atoms with van der Waals surface area (Å²) in [5, 5.41) is 5.48. The second kappa shape index (κ2) is 6.95. The third-order valence-electron chi connectivity index (χ3n) is 4.88. The molecule has 0 aliphatic carbocycles. The van der Waals surface area contributed by atoms with Gasteiger partial charge in [-0.05, 0) is 36.4 Å². The van der Waals surface area contributed by atoms with Crippen LogP contribution in [-0.4, -0.2) is 47.2 Å². The van der Waals surface area contributed by atoms with Crippen molar-refractivity contribution in [2.45, 2.75) is 19.1 Å². The van der Waals surface area contributed by atoms with E-state index in [4.69, 9.17) is 4.74 Å². The van der Waals surface area contributed by atoms with Gasteiger partial charge in [0.15, 0.2) is 0 Å². The van der Waals surface area contributed by atoms with E-state index >= 15 is 0 Å². The Bertz CT molecular complexity index is 606. The van der Waals surface area contributed by atoms with Crippen molar-refractivity contribution in [2.24, 2.45) is 11.8 Å². The minimum absolute atomic E-state index is 0.259. The third-order valence-corrected chi connectivity index (χ3v) is 5.74. The molecule has 23 heavy (non-hydrogen) atoms. The molecular formula is C17H22N4OS. The van der Waals surface area contributed by atoms with E-state index in [1.165, 1.54) is 17.8 Å². The van der Waals surface area contributed by atoms with Gasteiger partial charge in [-0.25, -0.2) is 9.97 Å². The van der Waals surface area contributed by atoms with Crippen LogP contribution in [0.2, 0.25) is 0 Å². The first-order valence-corrected chi connectivity index (χ1v) is 9.13. The van der Waals surface area contributed by atoms with Crippen LogP contribution in [0, 0.1) is 11.8 Å². The molecule has 2 fully saturated rings. The van der Waals surface area contributed by atoms with Gasteiger partial charge < -0.3 is 10.1 Å². The standard InChI is InChI=1S/C17H22N4OS/c1-3-14(23-8-1)10-21-7-4-13-12-22-16(15(13)11-21)9-20-17-18-5-2-6-19-17/h1-3,5-6,8,13,15-16H,4,7,9-12H2,(H,18,19,20)/t13-,15-,16+/m0/s1. The smallest absolute Gasteiger partial charge is 0.222 e. The first-order chi connectivity index (χ1) is 11.4. The molecule has 2 aromatic rings. The van der Waals surface area contributed by atoms with Gasteiger partial charge in [0.05, 0.1) is 12.7 Å². The summed E-state index contributed by atoms with van der Waals surface area (Å²) in [7, 11) is 0. The molecule has 6 heteroatoms. The highest BCUT2D eigenvalue weighted by molar-refractivity contribution is 7.09. The van der Waals surface area contributed by atoms with Crippen molar-refractivity contribution >= 4 is 17.3 Å². The van der Waals surface area contributed by atoms with E-state index in [-0.39, 0.29) is 6.10 Å². The van der Waals surface area contributed by atoms with Gasteiger partial charge in [-0.15, -0.1) is 11.3 Å². The van der Waals surface area contributed by atoms with Crippen molar-refractivity contribution < 1.29 is 4.74 Å². The second-order valence-corrected chi connectivity index (χ2v) is 7.38. The summed E-state index contributed by atoms with van der Waals surface area (Å²) in [6, 6.07) is 6.20. The van der Waals surface area contributed by atoms with E-state index in [2.05, 4.69) is 37.7 Å². The monoisotopic (exact) mass is 330 g/mol. The minimum atomic E-state index is 0.259. The molecule has 3 atom stereocenters. The summed E-state index contributed by atoms with van der Waals surface area (Å²) in [5.74, 6) is 2.00. The highest BCUT2D eigenvalue weighted by Gasteiger charge is 2.40. The zero-order valence-electron chi connectivity index (χ0n) is 13.1. The van der Waals surface area contributed by atoms with Crippen LogP contribution in [0.15, 0.2) is 36.0 Å². The number of thiophene rings is 1. The number of piperidine rings is 1. The van der Waals surface area contributed by atoms with Crippen molar-refractivity contribution in [3.8, 4) is 0 Å². The predicted molar refractivity (Wildman–Crippen MR) is 91.5 cm³/mol. The summed E-state index contributed by atoms with van der Waals surface area (Å²) in [4.78, 5) is 12.5. The van der Waals surface area contributed by atoms with E-state index < -0.39 is 0 Å². The Balaban J connectivity index is 1.34. The highest BCUT2D eigenvalue weighted by atomic mass is 32.1. The molecule has 0 bridgehead atoms. The quantitative estimate of drug-likeness (QED) is 0.913. The maximum Gasteiger partial charge on any atom is 0.222 e. The molecule has 5 nitrogen and oxygen atoms in total. The van der Waals surface area contributed by atoms with Gasteiger partial charge in [0.1, 0.15) is 0 Å². The van der Waals surface area contributed by atoms with Crippen LogP contribution < -0.4 is 5.32 Å². The third kappa shape index (κ3) is 3.54. The number of hydrogen-bond donors (Lipinski definition) is 1. The number of nitrogens with zero attached hydrogens (tertiary/aromatic N) is 3. The lowest BCUT2D eigenvalue weighted by Gasteiger charge is -2.35. The Hall–Kier alpha value is -1.50. The fraction of sp³-hybridized carbons (Fsp3) is 0.529. The van der Waals surface area contributed by atoms with E-state index in [1.54, 1.807) is 12.4 Å². The minimum Gasteiger partial charge on any atom is -0.376 e. The van der Waals surface area contributed by atoms with Gasteiger partial charge in [-0.2, -0.15) is 0 Å². The average Bonchev–Trinajstić information content (AvgIpc) is 3.23. The summed E-state index contributed by atoms with van der Waals surface area (Å²) in [5.41, 5.74) is 0. The van der Waals surface area contributed by atoms with Gasteiger partial charge in [-0.3, -0.25) is 4.90 Å². The lowest BCUT2D eigenvalue weighted by Crippen LogP contribution is -2.43. The van der Waals surface area contributed by atoms with Gasteiger partial charge in [0.25, 0.3) is 0 Å². The van der Waals surface area contributed by atoms with Crippen molar-refractivity contribution in [1.82, 2.24) is 14.9 Å². The SMILES string of the molecule is c1cnc(NC[C@H]2OC[C@@H]3CCN(Cc4cccs4)C[C@@H]32)nc1. The van der Waals surface area contributed by atoms with Crippen molar-refractivity contribution in [3.63, 3.8) is 0 Å². The normalized spacial score (nSPS) is 27.7. The van der Waals surface area contributed by atoms with E-state index in [9.17, 15) is 0 Å².